The first kappa shape index (κ1) is 22.5. The van der Waals surface area contributed by atoms with Crippen LogP contribution in [0.2, 0.25) is 0 Å². The van der Waals surface area contributed by atoms with Gasteiger partial charge in [-0.3, -0.25) is 9.69 Å². The largest absolute Gasteiger partial charge is 0.353 e. The molecule has 1 aliphatic rings. The molecule has 1 aromatic rings. The molecule has 1 heterocycles. The van der Waals surface area contributed by atoms with Crippen LogP contribution in [0.4, 0.5) is 0 Å². The number of thioether (sulfide) groups is 1. The monoisotopic (exact) mass is 379 g/mol. The van der Waals surface area contributed by atoms with Gasteiger partial charge in [0.1, 0.15) is 6.04 Å². The molecule has 1 fully saturated rings. The van der Waals surface area contributed by atoms with E-state index in [1.807, 2.05) is 30.0 Å². The van der Waals surface area contributed by atoms with Crippen molar-refractivity contribution in [2.45, 2.75) is 13.0 Å². The van der Waals surface area contributed by atoms with E-state index in [4.69, 9.17) is 0 Å². The Morgan fingerprint density at radius 3 is 2.43 bits per heavy atom. The van der Waals surface area contributed by atoms with Gasteiger partial charge in [0.05, 0.1) is 0 Å². The van der Waals surface area contributed by atoms with Crippen LogP contribution in [0, 0.1) is 0 Å². The highest BCUT2D eigenvalue weighted by atomic mass is 35.5. The van der Waals surface area contributed by atoms with Crippen LogP contribution in [0.15, 0.2) is 30.3 Å². The number of nitrogens with one attached hydrogen (secondary N) is 2. The van der Waals surface area contributed by atoms with E-state index in [0.717, 1.165) is 43.2 Å². The van der Waals surface area contributed by atoms with Gasteiger partial charge in [0.15, 0.2) is 0 Å². The third-order valence-electron chi connectivity index (χ3n) is 3.63. The van der Waals surface area contributed by atoms with Crippen molar-refractivity contribution in [2.75, 3.05) is 44.2 Å². The van der Waals surface area contributed by atoms with Crippen LogP contribution >= 0.6 is 36.6 Å². The third-order valence-corrected chi connectivity index (χ3v) is 4.57. The maximum absolute atomic E-state index is 12.6. The lowest BCUT2D eigenvalue weighted by molar-refractivity contribution is -0.126. The summed E-state index contributed by atoms with van der Waals surface area (Å²) in [4.78, 5) is 14.9. The number of hydrogen-bond donors (Lipinski definition) is 2. The lowest BCUT2D eigenvalue weighted by Crippen LogP contribution is -2.45. The first-order valence-electron chi connectivity index (χ1n) is 7.68. The summed E-state index contributed by atoms with van der Waals surface area (Å²) in [7, 11) is 0. The molecule has 1 saturated heterocycles. The molecule has 1 aromatic carbocycles. The fourth-order valence-electron chi connectivity index (χ4n) is 2.55. The van der Waals surface area contributed by atoms with Gasteiger partial charge in [-0.15, -0.1) is 24.8 Å². The Morgan fingerprint density at radius 2 is 1.83 bits per heavy atom. The molecule has 0 spiro atoms. The van der Waals surface area contributed by atoms with Crippen LogP contribution in [-0.4, -0.2) is 55.0 Å². The lowest BCUT2D eigenvalue weighted by atomic mass is 10.0. The fraction of sp³-hybridized carbons (Fsp3) is 0.562. The maximum atomic E-state index is 12.6. The van der Waals surface area contributed by atoms with Gasteiger partial charge in [-0.05, 0) is 12.1 Å². The summed E-state index contributed by atoms with van der Waals surface area (Å²) in [6.45, 7) is 6.45. The normalized spacial score (nSPS) is 15.9. The second-order valence-corrected chi connectivity index (χ2v) is 6.33. The SMILES string of the molecule is CCNCCNC(=O)C(c1ccccc1)N1CCSCC1.Cl.Cl. The molecule has 0 bridgehead atoms. The molecule has 132 valence electrons. The van der Waals surface area contributed by atoms with E-state index < -0.39 is 0 Å². The molecule has 0 saturated carbocycles. The summed E-state index contributed by atoms with van der Waals surface area (Å²) < 4.78 is 0. The van der Waals surface area contributed by atoms with Gasteiger partial charge in [-0.25, -0.2) is 0 Å². The van der Waals surface area contributed by atoms with Gasteiger partial charge in [0, 0.05) is 37.7 Å². The van der Waals surface area contributed by atoms with Crippen LogP contribution in [0.1, 0.15) is 18.5 Å². The molecule has 1 unspecified atom stereocenters. The van der Waals surface area contributed by atoms with Crippen LogP contribution in [0.25, 0.3) is 0 Å². The molecule has 1 atom stereocenters. The molecular formula is C16H27Cl2N3OS. The Kier molecular flexibility index (Phi) is 12.6. The van der Waals surface area contributed by atoms with E-state index in [9.17, 15) is 4.79 Å². The molecule has 7 heteroatoms. The predicted octanol–water partition coefficient (Wildman–Crippen LogP) is 2.35. The number of carbonyl (C=O) groups excluding carboxylic acids is 1. The van der Waals surface area contributed by atoms with Crippen LogP contribution in [-0.2, 0) is 4.79 Å². The second-order valence-electron chi connectivity index (χ2n) is 5.11. The fourth-order valence-corrected chi connectivity index (χ4v) is 3.48. The molecule has 0 aliphatic carbocycles. The minimum Gasteiger partial charge on any atom is -0.353 e. The van der Waals surface area contributed by atoms with Crippen molar-refractivity contribution in [2.24, 2.45) is 0 Å². The van der Waals surface area contributed by atoms with E-state index >= 15 is 0 Å². The zero-order chi connectivity index (χ0) is 14.9. The quantitative estimate of drug-likeness (QED) is 0.713. The van der Waals surface area contributed by atoms with Gasteiger partial charge < -0.3 is 10.6 Å². The van der Waals surface area contributed by atoms with Crippen LogP contribution in [0.5, 0.6) is 0 Å². The zero-order valence-electron chi connectivity index (χ0n) is 13.5. The van der Waals surface area contributed by atoms with Gasteiger partial charge >= 0.3 is 0 Å². The second kappa shape index (κ2) is 12.9. The Balaban J connectivity index is 0.00000242. The number of halogens is 2. The lowest BCUT2D eigenvalue weighted by Gasteiger charge is -2.33. The van der Waals surface area contributed by atoms with Crippen molar-refractivity contribution in [1.82, 2.24) is 15.5 Å². The van der Waals surface area contributed by atoms with Crippen molar-refractivity contribution in [1.29, 1.82) is 0 Å². The van der Waals surface area contributed by atoms with Gasteiger partial charge in [-0.2, -0.15) is 11.8 Å². The zero-order valence-corrected chi connectivity index (χ0v) is 15.9. The van der Waals surface area contributed by atoms with E-state index in [-0.39, 0.29) is 36.8 Å². The number of nitrogens with zero attached hydrogens (tertiary/aromatic N) is 1. The Morgan fingerprint density at radius 1 is 1.17 bits per heavy atom. The van der Waals surface area contributed by atoms with Crippen molar-refractivity contribution in [3.63, 3.8) is 0 Å². The highest BCUT2D eigenvalue weighted by Crippen LogP contribution is 2.24. The molecule has 23 heavy (non-hydrogen) atoms. The average Bonchev–Trinajstić information content (AvgIpc) is 2.54. The van der Waals surface area contributed by atoms with E-state index in [0.29, 0.717) is 6.54 Å². The summed E-state index contributed by atoms with van der Waals surface area (Å²) in [5.74, 6) is 2.33. The molecule has 4 nitrogen and oxygen atoms in total. The standard InChI is InChI=1S/C16H25N3OS.2ClH/c1-2-17-8-9-18-16(20)15(14-6-4-3-5-7-14)19-10-12-21-13-11-19;;/h3-7,15,17H,2,8-13H2,1H3,(H,18,20);2*1H. The molecule has 1 amide bonds. The average molecular weight is 380 g/mol. The van der Waals surface area contributed by atoms with Gasteiger partial charge in [-0.1, -0.05) is 37.3 Å². The number of carbonyl (C=O) groups is 1. The summed E-state index contributed by atoms with van der Waals surface area (Å²) >= 11 is 1.96. The van der Waals surface area contributed by atoms with Crippen molar-refractivity contribution < 1.29 is 4.79 Å². The number of rotatable bonds is 7. The summed E-state index contributed by atoms with van der Waals surface area (Å²) in [6, 6.07) is 9.95. The molecule has 2 rings (SSSR count). The highest BCUT2D eigenvalue weighted by Gasteiger charge is 2.28. The number of hydrogen-bond acceptors (Lipinski definition) is 4. The summed E-state index contributed by atoms with van der Waals surface area (Å²) in [5, 5.41) is 6.29. The predicted molar refractivity (Wildman–Crippen MR) is 104 cm³/mol. The molecule has 1 aliphatic heterocycles. The highest BCUT2D eigenvalue weighted by molar-refractivity contribution is 7.99. The van der Waals surface area contributed by atoms with E-state index in [1.54, 1.807) is 0 Å². The third kappa shape index (κ3) is 7.31. The first-order valence-corrected chi connectivity index (χ1v) is 8.83. The molecule has 0 aromatic heterocycles. The minimum absolute atomic E-state index is 0. The molecular weight excluding hydrogens is 353 g/mol. The minimum atomic E-state index is -0.159. The first-order chi connectivity index (χ1) is 10.3. The van der Waals surface area contributed by atoms with Crippen molar-refractivity contribution >= 4 is 42.5 Å². The van der Waals surface area contributed by atoms with Gasteiger partial charge in [0.2, 0.25) is 5.91 Å². The summed E-state index contributed by atoms with van der Waals surface area (Å²) in [6.07, 6.45) is 0. The van der Waals surface area contributed by atoms with E-state index in [2.05, 4.69) is 34.6 Å². The number of benzene rings is 1. The number of likely N-dealkylation sites (N-methyl/N-ethyl adjacent to an activating group) is 1. The smallest absolute Gasteiger partial charge is 0.242 e. The summed E-state index contributed by atoms with van der Waals surface area (Å²) in [5.41, 5.74) is 1.09. The van der Waals surface area contributed by atoms with E-state index in [1.165, 1.54) is 0 Å². The Labute approximate surface area is 156 Å². The van der Waals surface area contributed by atoms with Gasteiger partial charge in [0.25, 0.3) is 0 Å². The Hall–Kier alpha value is -0.460. The van der Waals surface area contributed by atoms with Crippen molar-refractivity contribution in [3.8, 4) is 0 Å². The molecule has 2 N–H and O–H groups in total. The van der Waals surface area contributed by atoms with Crippen molar-refractivity contribution in [3.05, 3.63) is 35.9 Å². The van der Waals surface area contributed by atoms with Crippen LogP contribution in [0.3, 0.4) is 0 Å². The topological polar surface area (TPSA) is 44.4 Å². The molecule has 0 radical (unpaired) electrons. The number of amides is 1. The maximum Gasteiger partial charge on any atom is 0.242 e. The Bertz CT molecular complexity index is 431. The van der Waals surface area contributed by atoms with Crippen LogP contribution < -0.4 is 10.6 Å².